The molecule has 3 rings (SSSR count). The molecule has 0 bridgehead atoms. The molecular formula is C20H24N2O2. The number of nitrogens with zero attached hydrogens (tertiary/aromatic N) is 1. The van der Waals surface area contributed by atoms with Gasteiger partial charge in [-0.05, 0) is 31.0 Å². The van der Waals surface area contributed by atoms with Gasteiger partial charge in [0.1, 0.15) is 0 Å². The second kappa shape index (κ2) is 7.16. The van der Waals surface area contributed by atoms with Crippen LogP contribution in [0.25, 0.3) is 0 Å². The van der Waals surface area contributed by atoms with Gasteiger partial charge in [0.05, 0.1) is 11.6 Å². The van der Waals surface area contributed by atoms with Crippen molar-refractivity contribution < 1.29 is 9.90 Å². The molecule has 1 aliphatic heterocycles. The van der Waals surface area contributed by atoms with Crippen LogP contribution in [0.15, 0.2) is 60.7 Å². The highest BCUT2D eigenvalue weighted by Crippen LogP contribution is 2.23. The summed E-state index contributed by atoms with van der Waals surface area (Å²) in [5.41, 5.74) is 0.914. The number of aliphatic hydroxyl groups is 1. The molecule has 1 aliphatic rings. The maximum absolute atomic E-state index is 12.3. The van der Waals surface area contributed by atoms with Crippen molar-refractivity contribution in [1.29, 1.82) is 0 Å². The molecular weight excluding hydrogens is 300 g/mol. The normalized spacial score (nSPS) is 24.5. The zero-order valence-corrected chi connectivity index (χ0v) is 14.0. The van der Waals surface area contributed by atoms with E-state index in [2.05, 4.69) is 22.3 Å². The second-order valence-corrected chi connectivity index (χ2v) is 6.73. The number of carbonyl (C=O) groups is 1. The van der Waals surface area contributed by atoms with Crippen molar-refractivity contribution in [2.24, 2.45) is 0 Å². The Labute approximate surface area is 143 Å². The van der Waals surface area contributed by atoms with Gasteiger partial charge in [-0.1, -0.05) is 48.5 Å². The fraction of sp³-hybridized carbons (Fsp3) is 0.350. The van der Waals surface area contributed by atoms with Gasteiger partial charge < -0.3 is 10.4 Å². The molecule has 2 aromatic carbocycles. The average molecular weight is 324 g/mol. The Hall–Kier alpha value is -2.17. The van der Waals surface area contributed by atoms with Gasteiger partial charge in [0.15, 0.2) is 0 Å². The van der Waals surface area contributed by atoms with Crippen LogP contribution < -0.4 is 5.32 Å². The number of amides is 1. The quantitative estimate of drug-likeness (QED) is 0.908. The topological polar surface area (TPSA) is 52.6 Å². The Morgan fingerprint density at radius 3 is 2.42 bits per heavy atom. The Kier molecular flexibility index (Phi) is 4.97. The lowest BCUT2D eigenvalue weighted by molar-refractivity contribution is -0.0434. The Bertz CT molecular complexity index is 671. The number of hydrogen-bond acceptors (Lipinski definition) is 3. The lowest BCUT2D eigenvalue weighted by Gasteiger charge is -2.43. The Morgan fingerprint density at radius 2 is 1.79 bits per heavy atom. The van der Waals surface area contributed by atoms with Crippen LogP contribution in [0.1, 0.15) is 29.3 Å². The highest BCUT2D eigenvalue weighted by Gasteiger charge is 2.38. The lowest BCUT2D eigenvalue weighted by atomic mass is 9.88. The summed E-state index contributed by atoms with van der Waals surface area (Å²) in [6.07, 6.45) is 0.735. The molecule has 1 saturated heterocycles. The van der Waals surface area contributed by atoms with Crippen LogP contribution in [-0.2, 0) is 6.54 Å². The van der Waals surface area contributed by atoms with E-state index in [9.17, 15) is 9.90 Å². The van der Waals surface area contributed by atoms with E-state index in [0.29, 0.717) is 12.1 Å². The molecule has 0 unspecified atom stereocenters. The summed E-state index contributed by atoms with van der Waals surface area (Å²) in [6, 6.07) is 19.2. The fourth-order valence-electron chi connectivity index (χ4n) is 3.30. The molecule has 4 heteroatoms. The predicted molar refractivity (Wildman–Crippen MR) is 94.7 cm³/mol. The molecule has 126 valence electrons. The van der Waals surface area contributed by atoms with E-state index in [1.807, 2.05) is 36.4 Å². The van der Waals surface area contributed by atoms with E-state index in [1.165, 1.54) is 5.56 Å². The summed E-state index contributed by atoms with van der Waals surface area (Å²) in [6.45, 7) is 4.02. The number of nitrogens with one attached hydrogen (secondary N) is 1. The van der Waals surface area contributed by atoms with E-state index in [1.54, 1.807) is 19.1 Å². The summed E-state index contributed by atoms with van der Waals surface area (Å²) in [7, 11) is 0. The number of carbonyl (C=O) groups excluding carboxylic acids is 1. The van der Waals surface area contributed by atoms with Crippen molar-refractivity contribution in [1.82, 2.24) is 10.2 Å². The van der Waals surface area contributed by atoms with Crippen molar-refractivity contribution in [3.8, 4) is 0 Å². The van der Waals surface area contributed by atoms with Gasteiger partial charge in [-0.2, -0.15) is 0 Å². The van der Waals surface area contributed by atoms with Crippen LogP contribution in [0.5, 0.6) is 0 Å². The highest BCUT2D eigenvalue weighted by atomic mass is 16.3. The van der Waals surface area contributed by atoms with Gasteiger partial charge >= 0.3 is 0 Å². The van der Waals surface area contributed by atoms with Gasteiger partial charge in [-0.3, -0.25) is 9.69 Å². The Morgan fingerprint density at radius 1 is 1.17 bits per heavy atom. The first kappa shape index (κ1) is 16.7. The van der Waals surface area contributed by atoms with E-state index in [0.717, 1.165) is 19.5 Å². The minimum absolute atomic E-state index is 0.127. The molecule has 2 N–H and O–H groups in total. The van der Waals surface area contributed by atoms with Crippen molar-refractivity contribution in [3.05, 3.63) is 71.8 Å². The van der Waals surface area contributed by atoms with Crippen LogP contribution >= 0.6 is 0 Å². The second-order valence-electron chi connectivity index (χ2n) is 6.73. The van der Waals surface area contributed by atoms with Gasteiger partial charge in [0.2, 0.25) is 0 Å². The van der Waals surface area contributed by atoms with Crippen molar-refractivity contribution in [3.63, 3.8) is 0 Å². The summed E-state index contributed by atoms with van der Waals surface area (Å²) >= 11 is 0. The monoisotopic (exact) mass is 324 g/mol. The predicted octanol–water partition coefficient (Wildman–Crippen LogP) is 2.44. The van der Waals surface area contributed by atoms with Crippen molar-refractivity contribution in [2.75, 3.05) is 13.1 Å². The van der Waals surface area contributed by atoms with Crippen LogP contribution in [0.3, 0.4) is 0 Å². The van der Waals surface area contributed by atoms with Crippen LogP contribution in [0.4, 0.5) is 0 Å². The molecule has 0 aliphatic carbocycles. The zero-order valence-electron chi connectivity index (χ0n) is 14.0. The molecule has 1 heterocycles. The smallest absolute Gasteiger partial charge is 0.251 e. The molecule has 2 aromatic rings. The lowest BCUT2D eigenvalue weighted by Crippen LogP contribution is -2.61. The first-order valence-electron chi connectivity index (χ1n) is 8.39. The van der Waals surface area contributed by atoms with Gasteiger partial charge in [-0.15, -0.1) is 0 Å². The van der Waals surface area contributed by atoms with Crippen LogP contribution in [0.2, 0.25) is 0 Å². The number of hydrogen-bond donors (Lipinski definition) is 2. The first-order chi connectivity index (χ1) is 11.5. The van der Waals surface area contributed by atoms with E-state index < -0.39 is 5.60 Å². The van der Waals surface area contributed by atoms with Crippen LogP contribution in [-0.4, -0.2) is 40.6 Å². The summed E-state index contributed by atoms with van der Waals surface area (Å²) < 4.78 is 0. The van der Waals surface area contributed by atoms with Gasteiger partial charge in [-0.25, -0.2) is 0 Å². The minimum atomic E-state index is -0.947. The van der Waals surface area contributed by atoms with Gasteiger partial charge in [0.25, 0.3) is 5.91 Å². The maximum atomic E-state index is 12.3. The third-order valence-corrected chi connectivity index (χ3v) is 4.62. The summed E-state index contributed by atoms with van der Waals surface area (Å²) in [5, 5.41) is 13.8. The average Bonchev–Trinajstić information content (AvgIpc) is 2.58. The van der Waals surface area contributed by atoms with E-state index in [4.69, 9.17) is 0 Å². The van der Waals surface area contributed by atoms with Crippen molar-refractivity contribution in [2.45, 2.75) is 31.5 Å². The first-order valence-corrected chi connectivity index (χ1v) is 8.39. The summed E-state index contributed by atoms with van der Waals surface area (Å²) in [5.74, 6) is -0.127. The van der Waals surface area contributed by atoms with Crippen molar-refractivity contribution >= 4 is 5.91 Å². The SMILES string of the molecule is C[C@]1(O)CN(Cc2ccccc2)CC[C@@H]1NC(=O)c1ccccc1. The Balaban J connectivity index is 1.61. The number of likely N-dealkylation sites (tertiary alicyclic amines) is 1. The number of benzene rings is 2. The number of piperidine rings is 1. The summed E-state index contributed by atoms with van der Waals surface area (Å²) in [4.78, 5) is 14.6. The number of β-amino-alcohol motifs (C(OH)–C–C–N with tert-alkyl or cyclic N) is 1. The zero-order chi connectivity index (χ0) is 17.0. The maximum Gasteiger partial charge on any atom is 0.251 e. The fourth-order valence-corrected chi connectivity index (χ4v) is 3.30. The number of rotatable bonds is 4. The molecule has 4 nitrogen and oxygen atoms in total. The van der Waals surface area contributed by atoms with Gasteiger partial charge in [0, 0.05) is 25.2 Å². The highest BCUT2D eigenvalue weighted by molar-refractivity contribution is 5.94. The molecule has 0 spiro atoms. The molecule has 0 saturated carbocycles. The van der Waals surface area contributed by atoms with E-state index in [-0.39, 0.29) is 11.9 Å². The molecule has 1 fully saturated rings. The molecule has 0 radical (unpaired) electrons. The standard InChI is InChI=1S/C20H24N2O2/c1-20(24)15-22(14-16-8-4-2-5-9-16)13-12-18(20)21-19(23)17-10-6-3-7-11-17/h2-11,18,24H,12-15H2,1H3,(H,21,23)/t18-,20-/m0/s1. The van der Waals surface area contributed by atoms with Crippen LogP contribution in [0, 0.1) is 0 Å². The third-order valence-electron chi connectivity index (χ3n) is 4.62. The molecule has 2 atom stereocenters. The largest absolute Gasteiger partial charge is 0.387 e. The molecule has 0 aromatic heterocycles. The van der Waals surface area contributed by atoms with E-state index >= 15 is 0 Å². The molecule has 1 amide bonds. The third kappa shape index (κ3) is 4.02. The molecule has 24 heavy (non-hydrogen) atoms. The minimum Gasteiger partial charge on any atom is -0.387 e.